The average Bonchev–Trinajstić information content (AvgIpc) is 2.37. The van der Waals surface area contributed by atoms with Crippen molar-refractivity contribution in [1.82, 2.24) is 4.90 Å². The first-order valence-electron chi connectivity index (χ1n) is 5.67. The van der Waals surface area contributed by atoms with E-state index in [2.05, 4.69) is 0 Å². The van der Waals surface area contributed by atoms with E-state index in [1.54, 1.807) is 24.9 Å². The second kappa shape index (κ2) is 6.14. The summed E-state index contributed by atoms with van der Waals surface area (Å²) in [6, 6.07) is 4.25. The SMILES string of the molecule is COc1ccc(CN(C)[C@@H](C)C(N)=O)cc1[N+](=O)[O-]. The van der Waals surface area contributed by atoms with E-state index < -0.39 is 16.9 Å². The summed E-state index contributed by atoms with van der Waals surface area (Å²) in [5, 5.41) is 10.9. The molecule has 0 aliphatic carbocycles. The summed E-state index contributed by atoms with van der Waals surface area (Å²) < 4.78 is 4.92. The molecule has 0 aromatic heterocycles. The van der Waals surface area contributed by atoms with Crippen molar-refractivity contribution in [3.05, 3.63) is 33.9 Å². The normalized spacial score (nSPS) is 12.2. The number of nitrogens with two attached hydrogens (primary N) is 1. The lowest BCUT2D eigenvalue weighted by Gasteiger charge is -2.21. The van der Waals surface area contributed by atoms with Gasteiger partial charge in [0.15, 0.2) is 5.75 Å². The predicted molar refractivity (Wildman–Crippen MR) is 69.8 cm³/mol. The Morgan fingerprint density at radius 2 is 2.21 bits per heavy atom. The summed E-state index contributed by atoms with van der Waals surface area (Å²) >= 11 is 0. The number of benzene rings is 1. The van der Waals surface area contributed by atoms with Gasteiger partial charge in [-0.1, -0.05) is 6.07 Å². The van der Waals surface area contributed by atoms with Gasteiger partial charge in [-0.3, -0.25) is 19.8 Å². The first kappa shape index (κ1) is 14.9. The van der Waals surface area contributed by atoms with Crippen LogP contribution in [-0.4, -0.2) is 35.9 Å². The van der Waals surface area contributed by atoms with E-state index in [9.17, 15) is 14.9 Å². The number of methoxy groups -OCH3 is 1. The molecule has 0 fully saturated rings. The average molecular weight is 267 g/mol. The predicted octanol–water partition coefficient (Wildman–Crippen LogP) is 0.909. The zero-order chi connectivity index (χ0) is 14.6. The fourth-order valence-electron chi connectivity index (χ4n) is 1.62. The maximum absolute atomic E-state index is 11.1. The van der Waals surface area contributed by atoms with Gasteiger partial charge >= 0.3 is 5.69 Å². The zero-order valence-electron chi connectivity index (χ0n) is 11.1. The van der Waals surface area contributed by atoms with E-state index >= 15 is 0 Å². The number of nitrogens with zero attached hydrogens (tertiary/aromatic N) is 2. The van der Waals surface area contributed by atoms with Crippen molar-refractivity contribution in [2.24, 2.45) is 5.73 Å². The van der Waals surface area contributed by atoms with Gasteiger partial charge in [0, 0.05) is 12.6 Å². The van der Waals surface area contributed by atoms with Gasteiger partial charge in [0.05, 0.1) is 18.1 Å². The summed E-state index contributed by atoms with van der Waals surface area (Å²) in [6.45, 7) is 2.06. The molecular weight excluding hydrogens is 250 g/mol. The first-order chi connectivity index (χ1) is 8.86. The smallest absolute Gasteiger partial charge is 0.311 e. The maximum Gasteiger partial charge on any atom is 0.311 e. The minimum Gasteiger partial charge on any atom is -0.490 e. The molecule has 0 aliphatic rings. The third kappa shape index (κ3) is 3.65. The Morgan fingerprint density at radius 3 is 2.68 bits per heavy atom. The highest BCUT2D eigenvalue weighted by atomic mass is 16.6. The van der Waals surface area contributed by atoms with Crippen LogP contribution in [0, 0.1) is 10.1 Å². The molecule has 0 unspecified atom stereocenters. The van der Waals surface area contributed by atoms with Gasteiger partial charge in [-0.2, -0.15) is 0 Å². The van der Waals surface area contributed by atoms with Gasteiger partial charge in [-0.25, -0.2) is 0 Å². The van der Waals surface area contributed by atoms with Crippen molar-refractivity contribution in [3.63, 3.8) is 0 Å². The Kier molecular flexibility index (Phi) is 4.82. The highest BCUT2D eigenvalue weighted by Gasteiger charge is 2.18. The standard InChI is InChI=1S/C12H17N3O4/c1-8(12(13)16)14(2)7-9-4-5-11(19-3)10(6-9)15(17)18/h4-6,8H,7H2,1-3H3,(H2,13,16)/t8-/m0/s1. The Labute approximate surface area is 111 Å². The van der Waals surface area contributed by atoms with Gasteiger partial charge < -0.3 is 10.5 Å². The van der Waals surface area contributed by atoms with Crippen LogP contribution in [0.15, 0.2) is 18.2 Å². The summed E-state index contributed by atoms with van der Waals surface area (Å²) in [5.41, 5.74) is 5.82. The molecule has 1 aromatic carbocycles. The van der Waals surface area contributed by atoms with Crippen LogP contribution in [0.1, 0.15) is 12.5 Å². The van der Waals surface area contributed by atoms with E-state index in [4.69, 9.17) is 10.5 Å². The minimum absolute atomic E-state index is 0.0971. The van der Waals surface area contributed by atoms with Crippen molar-refractivity contribution in [1.29, 1.82) is 0 Å². The molecule has 0 saturated heterocycles. The molecule has 1 aromatic rings. The van der Waals surface area contributed by atoms with Crippen LogP contribution in [0.25, 0.3) is 0 Å². The Balaban J connectivity index is 2.94. The van der Waals surface area contributed by atoms with Crippen LogP contribution >= 0.6 is 0 Å². The number of hydrogen-bond donors (Lipinski definition) is 1. The molecule has 7 nitrogen and oxygen atoms in total. The fraction of sp³-hybridized carbons (Fsp3) is 0.417. The number of carbonyl (C=O) groups is 1. The number of amides is 1. The van der Waals surface area contributed by atoms with Crippen LogP contribution in [0.3, 0.4) is 0 Å². The van der Waals surface area contributed by atoms with Crippen LogP contribution in [-0.2, 0) is 11.3 Å². The Morgan fingerprint density at radius 1 is 1.58 bits per heavy atom. The summed E-state index contributed by atoms with van der Waals surface area (Å²) in [4.78, 5) is 23.2. The lowest BCUT2D eigenvalue weighted by molar-refractivity contribution is -0.385. The highest BCUT2D eigenvalue weighted by molar-refractivity contribution is 5.79. The lowest BCUT2D eigenvalue weighted by atomic mass is 10.1. The summed E-state index contributed by atoms with van der Waals surface area (Å²) in [6.07, 6.45) is 0. The molecule has 104 valence electrons. The van der Waals surface area contributed by atoms with Gasteiger partial charge in [-0.15, -0.1) is 0 Å². The molecule has 0 spiro atoms. The van der Waals surface area contributed by atoms with Crippen LogP contribution in [0.4, 0.5) is 5.69 Å². The molecular formula is C12H17N3O4. The monoisotopic (exact) mass is 267 g/mol. The van der Waals surface area contributed by atoms with E-state index in [0.717, 1.165) is 0 Å². The van der Waals surface area contributed by atoms with Gasteiger partial charge in [-0.05, 0) is 25.6 Å². The molecule has 7 heteroatoms. The second-order valence-corrected chi connectivity index (χ2v) is 4.26. The summed E-state index contributed by atoms with van der Waals surface area (Å²) in [5.74, 6) is -0.232. The van der Waals surface area contributed by atoms with E-state index in [0.29, 0.717) is 12.1 Å². The second-order valence-electron chi connectivity index (χ2n) is 4.26. The zero-order valence-corrected chi connectivity index (χ0v) is 11.1. The van der Waals surface area contributed by atoms with Crippen molar-refractivity contribution >= 4 is 11.6 Å². The highest BCUT2D eigenvalue weighted by Crippen LogP contribution is 2.27. The molecule has 0 aliphatic heterocycles. The van der Waals surface area contributed by atoms with Crippen molar-refractivity contribution in [2.75, 3.05) is 14.2 Å². The number of nitro benzene ring substituents is 1. The lowest BCUT2D eigenvalue weighted by Crippen LogP contribution is -2.39. The van der Waals surface area contributed by atoms with Crippen molar-refractivity contribution < 1.29 is 14.5 Å². The third-order valence-corrected chi connectivity index (χ3v) is 2.94. The number of hydrogen-bond acceptors (Lipinski definition) is 5. The Hall–Kier alpha value is -2.15. The molecule has 19 heavy (non-hydrogen) atoms. The fourth-order valence-corrected chi connectivity index (χ4v) is 1.62. The van der Waals surface area contributed by atoms with E-state index in [1.165, 1.54) is 19.2 Å². The largest absolute Gasteiger partial charge is 0.490 e. The molecule has 1 rings (SSSR count). The number of primary amides is 1. The number of nitro groups is 1. The molecule has 0 bridgehead atoms. The van der Waals surface area contributed by atoms with Crippen LogP contribution in [0.5, 0.6) is 5.75 Å². The summed E-state index contributed by atoms with van der Waals surface area (Å²) in [7, 11) is 3.11. The Bertz CT molecular complexity index is 490. The van der Waals surface area contributed by atoms with Gasteiger partial charge in [0.25, 0.3) is 0 Å². The molecule has 1 amide bonds. The van der Waals surface area contributed by atoms with Crippen molar-refractivity contribution in [3.8, 4) is 5.75 Å². The van der Waals surface area contributed by atoms with Crippen LogP contribution < -0.4 is 10.5 Å². The van der Waals surface area contributed by atoms with Gasteiger partial charge in [0.1, 0.15) is 0 Å². The molecule has 1 atom stereocenters. The minimum atomic E-state index is -0.500. The number of likely N-dealkylation sites (N-methyl/N-ethyl adjacent to an activating group) is 1. The molecule has 2 N–H and O–H groups in total. The van der Waals surface area contributed by atoms with Crippen molar-refractivity contribution in [2.45, 2.75) is 19.5 Å². The topological polar surface area (TPSA) is 98.7 Å². The molecule has 0 saturated carbocycles. The quantitative estimate of drug-likeness (QED) is 0.610. The van der Waals surface area contributed by atoms with Gasteiger partial charge in [0.2, 0.25) is 5.91 Å². The number of ether oxygens (including phenoxy) is 1. The van der Waals surface area contributed by atoms with E-state index in [1.807, 2.05) is 0 Å². The number of carbonyl (C=O) groups excluding carboxylic acids is 1. The maximum atomic E-state index is 11.1. The molecule has 0 radical (unpaired) electrons. The number of rotatable bonds is 6. The first-order valence-corrected chi connectivity index (χ1v) is 5.67. The third-order valence-electron chi connectivity index (χ3n) is 2.94. The van der Waals surface area contributed by atoms with E-state index in [-0.39, 0.29) is 11.4 Å². The molecule has 0 heterocycles. The van der Waals surface area contributed by atoms with Crippen LogP contribution in [0.2, 0.25) is 0 Å².